The number of carbonyl (C=O) groups is 3. The minimum absolute atomic E-state index is 0.0239. The highest BCUT2D eigenvalue weighted by molar-refractivity contribution is 7.92. The number of methoxy groups -OCH3 is 1. The Bertz CT molecular complexity index is 1020. The number of amides is 3. The summed E-state index contributed by atoms with van der Waals surface area (Å²) in [5, 5.41) is 1.74. The molecule has 0 fully saturated rings. The van der Waals surface area contributed by atoms with Crippen LogP contribution in [0, 0.1) is 0 Å². The first kappa shape index (κ1) is 21.7. The molecule has 0 saturated carbocycles. The maximum atomic E-state index is 12.9. The largest absolute Gasteiger partial charge is 0.495 e. The van der Waals surface area contributed by atoms with Gasteiger partial charge in [-0.15, -0.1) is 0 Å². The zero-order valence-corrected chi connectivity index (χ0v) is 16.4. The van der Waals surface area contributed by atoms with Crippen molar-refractivity contribution in [2.45, 2.75) is 4.90 Å². The standard InChI is InChI=1S/C18H19N3O7S/c1-21(14-5-3-4-6-15(14)27-2)29(25,26)13-9-7-12(8-10-13)17(23)28-11-16(22)20-18(19)24/h3-10H,11H2,1-2H3,(H3,19,20,22,24). The molecule has 0 aromatic heterocycles. The number of sulfonamides is 1. The number of anilines is 1. The first-order valence-corrected chi connectivity index (χ1v) is 9.59. The normalized spacial score (nSPS) is 10.7. The number of nitrogens with zero attached hydrogens (tertiary/aromatic N) is 1. The number of benzene rings is 2. The second kappa shape index (κ2) is 9.06. The van der Waals surface area contributed by atoms with Crippen LogP contribution >= 0.6 is 0 Å². The average molecular weight is 421 g/mol. The van der Waals surface area contributed by atoms with Crippen LogP contribution in [0.15, 0.2) is 53.4 Å². The van der Waals surface area contributed by atoms with Gasteiger partial charge in [0.2, 0.25) is 0 Å². The highest BCUT2D eigenvalue weighted by Crippen LogP contribution is 2.30. The van der Waals surface area contributed by atoms with E-state index in [0.717, 1.165) is 4.31 Å². The van der Waals surface area contributed by atoms with Crippen molar-refractivity contribution >= 4 is 33.6 Å². The summed E-state index contributed by atoms with van der Waals surface area (Å²) < 4.78 is 36.7. The second-order valence-electron chi connectivity index (χ2n) is 5.66. The molecule has 0 aliphatic carbocycles. The van der Waals surface area contributed by atoms with E-state index in [-0.39, 0.29) is 10.5 Å². The number of carbonyl (C=O) groups excluding carboxylic acids is 3. The van der Waals surface area contributed by atoms with Crippen molar-refractivity contribution in [2.24, 2.45) is 5.73 Å². The first-order chi connectivity index (χ1) is 13.7. The van der Waals surface area contributed by atoms with Crippen molar-refractivity contribution in [1.82, 2.24) is 5.32 Å². The van der Waals surface area contributed by atoms with Crippen LogP contribution in [-0.4, -0.2) is 47.1 Å². The molecule has 0 saturated heterocycles. The maximum absolute atomic E-state index is 12.9. The van der Waals surface area contributed by atoms with E-state index < -0.39 is 34.5 Å². The Kier molecular flexibility index (Phi) is 6.78. The number of rotatable bonds is 7. The summed E-state index contributed by atoms with van der Waals surface area (Å²) in [5.74, 6) is -1.37. The molecule has 0 heterocycles. The van der Waals surface area contributed by atoms with Gasteiger partial charge in [-0.05, 0) is 36.4 Å². The monoisotopic (exact) mass is 421 g/mol. The van der Waals surface area contributed by atoms with Crippen molar-refractivity contribution in [1.29, 1.82) is 0 Å². The van der Waals surface area contributed by atoms with Crippen LogP contribution < -0.4 is 20.1 Å². The van der Waals surface area contributed by atoms with Crippen LogP contribution in [0.2, 0.25) is 0 Å². The minimum atomic E-state index is -3.92. The van der Waals surface area contributed by atoms with Gasteiger partial charge in [0.25, 0.3) is 15.9 Å². The van der Waals surface area contributed by atoms with E-state index in [2.05, 4.69) is 0 Å². The lowest BCUT2D eigenvalue weighted by Gasteiger charge is -2.21. The first-order valence-electron chi connectivity index (χ1n) is 8.15. The number of ether oxygens (including phenoxy) is 2. The zero-order chi connectivity index (χ0) is 21.6. The number of nitrogens with one attached hydrogen (secondary N) is 1. The van der Waals surface area contributed by atoms with Gasteiger partial charge in [0.05, 0.1) is 23.3 Å². The highest BCUT2D eigenvalue weighted by atomic mass is 32.2. The van der Waals surface area contributed by atoms with Gasteiger partial charge in [0.1, 0.15) is 5.75 Å². The Balaban J connectivity index is 2.15. The van der Waals surface area contributed by atoms with E-state index in [1.54, 1.807) is 29.6 Å². The van der Waals surface area contributed by atoms with Crippen molar-refractivity contribution in [2.75, 3.05) is 25.1 Å². The third kappa shape index (κ3) is 5.23. The Labute approximate surface area is 167 Å². The molecule has 0 spiro atoms. The smallest absolute Gasteiger partial charge is 0.338 e. The van der Waals surface area contributed by atoms with Gasteiger partial charge >= 0.3 is 12.0 Å². The van der Waals surface area contributed by atoms with E-state index in [9.17, 15) is 22.8 Å². The number of imide groups is 1. The third-order valence-corrected chi connectivity index (χ3v) is 5.56. The van der Waals surface area contributed by atoms with Crippen molar-refractivity contribution in [3.63, 3.8) is 0 Å². The van der Waals surface area contributed by atoms with Crippen molar-refractivity contribution < 1.29 is 32.3 Å². The molecule has 0 radical (unpaired) electrons. The number of hydrogen-bond donors (Lipinski definition) is 2. The van der Waals surface area contributed by atoms with Gasteiger partial charge in [0, 0.05) is 7.05 Å². The molecule has 2 aromatic carbocycles. The van der Waals surface area contributed by atoms with Crippen molar-refractivity contribution in [3.8, 4) is 5.75 Å². The predicted molar refractivity (Wildman–Crippen MR) is 103 cm³/mol. The molecule has 11 heteroatoms. The molecule has 2 aromatic rings. The van der Waals surface area contributed by atoms with Gasteiger partial charge < -0.3 is 15.2 Å². The molecule has 10 nitrogen and oxygen atoms in total. The topological polar surface area (TPSA) is 145 Å². The number of esters is 1. The van der Waals surface area contributed by atoms with Gasteiger partial charge in [0.15, 0.2) is 6.61 Å². The lowest BCUT2D eigenvalue weighted by Crippen LogP contribution is -2.37. The predicted octanol–water partition coefficient (Wildman–Crippen LogP) is 0.872. The molecule has 154 valence electrons. The van der Waals surface area contributed by atoms with Crippen LogP contribution in [0.3, 0.4) is 0 Å². The van der Waals surface area contributed by atoms with E-state index in [1.165, 1.54) is 38.4 Å². The SMILES string of the molecule is COc1ccccc1N(C)S(=O)(=O)c1ccc(C(=O)OCC(=O)NC(N)=O)cc1. The molecule has 3 N–H and O–H groups in total. The van der Waals surface area contributed by atoms with E-state index in [4.69, 9.17) is 15.2 Å². The molecule has 0 bridgehead atoms. The molecule has 0 aliphatic heterocycles. The van der Waals surface area contributed by atoms with Crippen LogP contribution in [0.4, 0.5) is 10.5 Å². The average Bonchev–Trinajstić information content (AvgIpc) is 2.71. The lowest BCUT2D eigenvalue weighted by atomic mass is 10.2. The zero-order valence-electron chi connectivity index (χ0n) is 15.6. The fraction of sp³-hybridized carbons (Fsp3) is 0.167. The molecule has 29 heavy (non-hydrogen) atoms. The molecule has 0 unspecified atom stereocenters. The molecule has 0 atom stereocenters. The van der Waals surface area contributed by atoms with Gasteiger partial charge in [-0.3, -0.25) is 14.4 Å². The Hall–Kier alpha value is -3.60. The summed E-state index contributed by atoms with van der Waals surface area (Å²) in [6, 6.07) is 10.5. The summed E-state index contributed by atoms with van der Waals surface area (Å²) in [5.41, 5.74) is 5.14. The van der Waals surface area contributed by atoms with Gasteiger partial charge in [-0.1, -0.05) is 12.1 Å². The third-order valence-electron chi connectivity index (χ3n) is 3.77. The Morgan fingerprint density at radius 1 is 1.07 bits per heavy atom. The van der Waals surface area contributed by atoms with Crippen LogP contribution in [0.5, 0.6) is 5.75 Å². The van der Waals surface area contributed by atoms with Gasteiger partial charge in [-0.25, -0.2) is 18.0 Å². The van der Waals surface area contributed by atoms with E-state index in [0.29, 0.717) is 11.4 Å². The summed E-state index contributed by atoms with van der Waals surface area (Å²) >= 11 is 0. The Morgan fingerprint density at radius 2 is 1.69 bits per heavy atom. The van der Waals surface area contributed by atoms with Gasteiger partial charge in [-0.2, -0.15) is 0 Å². The minimum Gasteiger partial charge on any atom is -0.495 e. The summed E-state index contributed by atoms with van der Waals surface area (Å²) in [4.78, 5) is 33.7. The van der Waals surface area contributed by atoms with Crippen molar-refractivity contribution in [3.05, 3.63) is 54.1 Å². The quantitative estimate of drug-likeness (QED) is 0.631. The molecular weight excluding hydrogens is 402 g/mol. The maximum Gasteiger partial charge on any atom is 0.338 e. The van der Waals surface area contributed by atoms with Crippen LogP contribution in [0.25, 0.3) is 0 Å². The number of hydrogen-bond acceptors (Lipinski definition) is 7. The van der Waals surface area contributed by atoms with Crippen LogP contribution in [-0.2, 0) is 19.6 Å². The summed E-state index contributed by atoms with van der Waals surface area (Å²) in [6.07, 6.45) is 0. The number of nitrogens with two attached hydrogens (primary N) is 1. The summed E-state index contributed by atoms with van der Waals surface area (Å²) in [7, 11) is -1.10. The molecule has 2 rings (SSSR count). The second-order valence-corrected chi connectivity index (χ2v) is 7.63. The highest BCUT2D eigenvalue weighted by Gasteiger charge is 2.24. The number of primary amides is 1. The lowest BCUT2D eigenvalue weighted by molar-refractivity contribution is -0.123. The fourth-order valence-corrected chi connectivity index (χ4v) is 3.53. The fourth-order valence-electron chi connectivity index (χ4n) is 2.33. The van der Waals surface area contributed by atoms with E-state index >= 15 is 0 Å². The van der Waals surface area contributed by atoms with E-state index in [1.807, 2.05) is 0 Å². The number of para-hydroxylation sites is 2. The number of urea groups is 1. The Morgan fingerprint density at radius 3 is 2.28 bits per heavy atom. The molecule has 3 amide bonds. The molecule has 0 aliphatic rings. The summed E-state index contributed by atoms with van der Waals surface area (Å²) in [6.45, 7) is -0.710. The molecular formula is C18H19N3O7S. The van der Waals surface area contributed by atoms with Crippen LogP contribution in [0.1, 0.15) is 10.4 Å².